The predicted molar refractivity (Wildman–Crippen MR) is 404 cm³/mol. The van der Waals surface area contributed by atoms with E-state index in [1.165, 1.54) is 76.1 Å². The molecule has 0 bridgehead atoms. The molecule has 0 spiro atoms. The Kier molecular flexibility index (Phi) is 28.4. The second-order valence-electron chi connectivity index (χ2n) is 26.5. The first-order chi connectivity index (χ1) is 51.8. The predicted octanol–water partition coefficient (Wildman–Crippen LogP) is 12.3. The summed E-state index contributed by atoms with van der Waals surface area (Å²) in [4.78, 5) is 163. The maximum absolute atomic E-state index is 13.5. The van der Waals surface area contributed by atoms with Crippen molar-refractivity contribution < 1.29 is 126 Å². The number of ketones is 10. The van der Waals surface area contributed by atoms with Crippen LogP contribution in [0.25, 0.3) is 5.76 Å². The van der Waals surface area contributed by atoms with Gasteiger partial charge in [0.05, 0.1) is 53.8 Å². The zero-order valence-electron chi connectivity index (χ0n) is 62.7. The van der Waals surface area contributed by atoms with Crippen molar-refractivity contribution in [3.63, 3.8) is 0 Å². The van der Waals surface area contributed by atoms with E-state index in [1.54, 1.807) is 124 Å². The number of carboxylic acid groups (broad SMARTS) is 1. The molecule has 0 saturated carbocycles. The van der Waals surface area contributed by atoms with Gasteiger partial charge in [0.15, 0.2) is 52.0 Å². The second kappa shape index (κ2) is 36.9. The summed E-state index contributed by atoms with van der Waals surface area (Å²) in [5.41, 5.74) is 6.75. The van der Waals surface area contributed by atoms with Gasteiger partial charge in [-0.3, -0.25) is 52.7 Å². The molecule has 1 unspecified atom stereocenters. The molecule has 5 aliphatic carbocycles. The molecule has 0 fully saturated rings. The third-order valence-corrected chi connectivity index (χ3v) is 25.3. The number of hydrogen-bond acceptors (Lipinski definition) is 20. The Hall–Kier alpha value is -11.1. The number of esters is 1. The van der Waals surface area contributed by atoms with Crippen LogP contribution in [0.15, 0.2) is 171 Å². The first kappa shape index (κ1) is 84.6. The summed E-state index contributed by atoms with van der Waals surface area (Å²) in [5.74, 6) is -6.57. The van der Waals surface area contributed by atoms with Crippen molar-refractivity contribution in [1.82, 2.24) is 14.9 Å². The molecule has 110 heavy (non-hydrogen) atoms. The van der Waals surface area contributed by atoms with Crippen molar-refractivity contribution in [1.29, 1.82) is 0 Å². The van der Waals surface area contributed by atoms with Crippen LogP contribution < -0.4 is 34.9 Å². The van der Waals surface area contributed by atoms with Gasteiger partial charge < -0.3 is 43.6 Å². The number of imidazole rings is 1. The number of aryl methyl sites for hydroxylation is 1. The van der Waals surface area contributed by atoms with Crippen LogP contribution in [0.3, 0.4) is 0 Å². The molecule has 4 N–H and O–H groups in total. The van der Waals surface area contributed by atoms with Crippen molar-refractivity contribution in [2.24, 2.45) is 0 Å². The van der Waals surface area contributed by atoms with Gasteiger partial charge >= 0.3 is 41.5 Å². The summed E-state index contributed by atoms with van der Waals surface area (Å²) in [6, 6.07) is 33.3. The van der Waals surface area contributed by atoms with E-state index in [2.05, 4.69) is 38.0 Å². The van der Waals surface area contributed by atoms with E-state index >= 15 is 0 Å². The fourth-order valence-corrected chi connectivity index (χ4v) is 19.5. The topological polar surface area (TPSA) is 371 Å². The molecule has 1 atom stereocenters. The number of carbonyl (C=O) groups excluding carboxylic acids is 12. The van der Waals surface area contributed by atoms with E-state index in [-0.39, 0.29) is 167 Å². The fourth-order valence-electron chi connectivity index (χ4n) is 14.0. The number of Topliss-reactive ketones (excluding diaryl/α,β-unsaturated/α-hetero) is 3. The van der Waals surface area contributed by atoms with Crippen LogP contribution in [0, 0.1) is 20.8 Å². The van der Waals surface area contributed by atoms with Gasteiger partial charge in [0.2, 0.25) is 40.4 Å². The van der Waals surface area contributed by atoms with Crippen LogP contribution in [-0.2, 0) is 16.1 Å². The average molecular weight is 1520 g/mol. The smallest absolute Gasteiger partial charge is 0.870 e. The Morgan fingerprint density at radius 1 is 0.500 bits per heavy atom. The van der Waals surface area contributed by atoms with Gasteiger partial charge in [-0.25, -0.2) is 14.6 Å². The van der Waals surface area contributed by atoms with Crippen molar-refractivity contribution in [3.8, 4) is 0 Å². The molecule has 0 radical (unpaired) electrons. The van der Waals surface area contributed by atoms with Gasteiger partial charge in [-0.2, -0.15) is 0 Å². The molecule has 23 nitrogen and oxygen atoms in total. The molecule has 9 aromatic rings. The maximum Gasteiger partial charge on any atom is 1.00 e. The monoisotopic (exact) mass is 1520 g/mol. The molecule has 0 saturated heterocycles. The number of unbranched alkanes of at least 4 members (excludes halogenated alkanes) is 3. The van der Waals surface area contributed by atoms with Crippen LogP contribution in [0.5, 0.6) is 0 Å². The first-order valence-corrected chi connectivity index (χ1v) is 38.1. The van der Waals surface area contributed by atoms with Crippen molar-refractivity contribution in [2.75, 3.05) is 31.6 Å². The Balaban J connectivity index is 0.000000175. The molecule has 562 valence electrons. The number of fused-ring (bicyclic) bond motifs is 8. The molecular weight excluding hydrogens is 1440 g/mol. The molecule has 4 aromatic heterocycles. The molecule has 25 heteroatoms. The largest absolute Gasteiger partial charge is 1.00 e. The fraction of sp³-hybridized carbons (Fsp3) is 0.271. The standard InChI is InChI=1S/C25H38O2P.C20H17N3O4.C16H12O5.C14H8O5.C10H6O3.Na.H2O/c1-6-9-16-28(17-10-7-2,18-11-8-3)20(5)23-19(4)24(26)21-14-12-13-15-22(21)25(23)27;1-12-15-16(24)13-5-2-3-6-14(13)17(25)19(15)27-18(12)20(26)22-7-4-9-23-10-8-21-11-23;1-3-20-16(19)14-8(2)11-12(17)9-6-4-5-7-10(9)13(18)15(11)21-14;1-6-9-10(15)7-4-2-3-5-8(7)11(16)13(9)19-12(6)14(17)18;11-8-5-9(12)10(13)7-4-2-1-3-6(7)8;;/h12-15,20H,6-11,16-18H2,1-5H3;2-3,5-6,8,10-11H,4,7,9H2,1H3,(H,22,26);4-7H,3H2,1-2H3;2-5H,1H3,(H,17,18);1-5,11H;;1H2/q+1;;;;;+1;/p-1. The number of nitrogens with zero attached hydrogens (tertiary/aromatic N) is 2. The van der Waals surface area contributed by atoms with E-state index in [9.17, 15) is 67.4 Å². The number of aromatic nitrogens is 2. The summed E-state index contributed by atoms with van der Waals surface area (Å²) in [6.45, 7) is 18.6. The van der Waals surface area contributed by atoms with Gasteiger partial charge in [-0.15, -0.1) is 0 Å². The number of carbonyl (C=O) groups is 13. The van der Waals surface area contributed by atoms with E-state index in [0.717, 1.165) is 18.2 Å². The first-order valence-electron chi connectivity index (χ1n) is 35.7. The van der Waals surface area contributed by atoms with Crippen LogP contribution in [-0.4, -0.2) is 138 Å². The summed E-state index contributed by atoms with van der Waals surface area (Å²) < 4.78 is 22.8. The average Bonchev–Trinajstić information content (AvgIpc) is 1.44. The van der Waals surface area contributed by atoms with Gasteiger partial charge in [-0.1, -0.05) is 161 Å². The molecule has 5 aliphatic rings. The zero-order valence-corrected chi connectivity index (χ0v) is 65.6. The Bertz CT molecular complexity index is 5210. The number of aromatic carboxylic acids is 1. The number of aliphatic hydroxyl groups excluding tert-OH is 1. The second-order valence-corrected chi connectivity index (χ2v) is 31.0. The number of aliphatic hydroxyl groups is 1. The molecule has 5 aromatic carbocycles. The number of amides is 1. The molecular formula is C85H82N3NaO20P+. The molecule has 1 amide bonds. The maximum atomic E-state index is 13.5. The van der Waals surface area contributed by atoms with Crippen LogP contribution in [0.1, 0.15) is 268 Å². The van der Waals surface area contributed by atoms with Crippen LogP contribution in [0.2, 0.25) is 0 Å². The van der Waals surface area contributed by atoms with E-state index in [0.29, 0.717) is 68.6 Å². The van der Waals surface area contributed by atoms with Crippen LogP contribution >= 0.6 is 7.26 Å². The minimum atomic E-state index is -1.35. The minimum Gasteiger partial charge on any atom is -0.870 e. The number of ether oxygens (including phenoxy) is 1. The summed E-state index contributed by atoms with van der Waals surface area (Å²) in [7, 11) is -1.35. The van der Waals surface area contributed by atoms with Gasteiger partial charge in [-0.05, 0) is 67.2 Å². The van der Waals surface area contributed by atoms with E-state index in [1.807, 2.05) is 35.9 Å². The van der Waals surface area contributed by atoms with E-state index < -0.39 is 42.5 Å². The minimum absolute atomic E-state index is 0. The number of allylic oxidation sites excluding steroid dienone is 3. The Morgan fingerprint density at radius 3 is 1.26 bits per heavy atom. The molecule has 4 heterocycles. The number of nitrogens with one attached hydrogen (secondary N) is 1. The molecule has 14 rings (SSSR count). The number of carboxylic acids is 1. The van der Waals surface area contributed by atoms with Gasteiger partial charge in [0.25, 0.3) is 5.91 Å². The Labute approximate surface area is 656 Å². The van der Waals surface area contributed by atoms with E-state index in [4.69, 9.17) is 23.1 Å². The zero-order chi connectivity index (χ0) is 78.0. The van der Waals surface area contributed by atoms with Gasteiger partial charge in [0, 0.05) is 122 Å². The number of hydrogen-bond donors (Lipinski definition) is 3. The number of furan rings is 3. The number of rotatable bonds is 19. The van der Waals surface area contributed by atoms with Gasteiger partial charge in [0.1, 0.15) is 5.76 Å². The van der Waals surface area contributed by atoms with Crippen LogP contribution in [0.4, 0.5) is 0 Å². The number of benzene rings is 5. The summed E-state index contributed by atoms with van der Waals surface area (Å²) in [6.07, 6.45) is 18.0. The van der Waals surface area contributed by atoms with Crippen molar-refractivity contribution >= 4 is 88.7 Å². The third-order valence-electron chi connectivity index (χ3n) is 19.7. The normalized spacial score (nSPS) is 13.6. The third kappa shape index (κ3) is 16.9. The van der Waals surface area contributed by atoms with Crippen molar-refractivity contribution in [3.05, 3.63) is 281 Å². The summed E-state index contributed by atoms with van der Waals surface area (Å²) >= 11 is 0. The SMILES string of the molecule is CCCC[P+](CCCC)(CCCC)C(C)C1=C(C)C(=O)c2ccccc2C1=O.CCOC(=O)c1oc2c(c1C)C(=O)c1ccccc1C2=O.Cc1c(C(=O)NCCCn2ccnc2)oc2c1C(=O)c1ccccc1C2=O.Cc1c(C(=O)O)oc2c1C(=O)c1ccccc1C2=O.O=C1C=C(O)c2ccccc2C1=O.[Na+].[OH-]. The van der Waals surface area contributed by atoms with Crippen molar-refractivity contribution in [2.45, 2.75) is 119 Å². The molecule has 0 aliphatic heterocycles. The summed E-state index contributed by atoms with van der Waals surface area (Å²) in [5, 5.41) is 21.1. The quantitative estimate of drug-likeness (QED) is 0.0222. The Morgan fingerprint density at radius 2 is 0.864 bits per heavy atom.